The minimum Gasteiger partial charge on any atom is -0.465 e. The van der Waals surface area contributed by atoms with Gasteiger partial charge in [-0.05, 0) is 50.9 Å². The Morgan fingerprint density at radius 3 is 2.38 bits per heavy atom. The van der Waals surface area contributed by atoms with Crippen molar-refractivity contribution in [3.63, 3.8) is 0 Å². The Bertz CT molecular complexity index is 689. The van der Waals surface area contributed by atoms with Crippen LogP contribution in [0.3, 0.4) is 0 Å². The maximum absolute atomic E-state index is 12.1. The van der Waals surface area contributed by atoms with Crippen LogP contribution < -0.4 is 0 Å². The second kappa shape index (κ2) is 7.40. The molecule has 3 rings (SSSR count). The van der Waals surface area contributed by atoms with Crippen LogP contribution >= 0.6 is 0 Å². The highest BCUT2D eigenvalue weighted by Gasteiger charge is 2.66. The van der Waals surface area contributed by atoms with E-state index in [1.54, 1.807) is 0 Å². The summed E-state index contributed by atoms with van der Waals surface area (Å²) in [5, 5.41) is 0. The molecule has 2 unspecified atom stereocenters. The number of fused-ring (bicyclic) bond motifs is 3. The summed E-state index contributed by atoms with van der Waals surface area (Å²) < 4.78 is 18.2. The average molecular weight is 407 g/mol. The Labute approximate surface area is 175 Å². The SMILES string of the molecule is C=C[C@@]1(C)CCC2[C@]3(C)CCCC(C)(COC(C)=O)[C@@H]3[C@H](OC(C)=O)C[C@]2(C)O1. The number of hydrogen-bond donors (Lipinski definition) is 0. The molecule has 1 aliphatic heterocycles. The first-order chi connectivity index (χ1) is 13.4. The molecule has 1 saturated heterocycles. The van der Waals surface area contributed by atoms with E-state index in [-0.39, 0.29) is 46.0 Å². The molecule has 0 spiro atoms. The summed E-state index contributed by atoms with van der Waals surface area (Å²) in [7, 11) is 0. The van der Waals surface area contributed by atoms with Gasteiger partial charge in [-0.15, -0.1) is 6.58 Å². The molecule has 1 heterocycles. The van der Waals surface area contributed by atoms with Gasteiger partial charge in [0.05, 0.1) is 17.8 Å². The van der Waals surface area contributed by atoms with Crippen LogP contribution in [0, 0.1) is 22.7 Å². The molecule has 0 radical (unpaired) electrons. The maximum Gasteiger partial charge on any atom is 0.302 e. The molecule has 164 valence electrons. The molecule has 7 atom stereocenters. The molecule has 0 amide bonds. The number of carbonyl (C=O) groups excluding carboxylic acids is 2. The van der Waals surface area contributed by atoms with Gasteiger partial charge in [0, 0.05) is 31.6 Å². The summed E-state index contributed by atoms with van der Waals surface area (Å²) in [6.45, 7) is 16.1. The van der Waals surface area contributed by atoms with Crippen LogP contribution in [0.4, 0.5) is 0 Å². The molecule has 0 bridgehead atoms. The Morgan fingerprint density at radius 2 is 1.79 bits per heavy atom. The van der Waals surface area contributed by atoms with Gasteiger partial charge >= 0.3 is 11.9 Å². The highest BCUT2D eigenvalue weighted by molar-refractivity contribution is 5.66. The molecule has 0 aromatic rings. The molecule has 2 saturated carbocycles. The number of hydrogen-bond acceptors (Lipinski definition) is 5. The molecule has 3 fully saturated rings. The first-order valence-electron chi connectivity index (χ1n) is 11.0. The summed E-state index contributed by atoms with van der Waals surface area (Å²) in [6.07, 6.45) is 7.42. The van der Waals surface area contributed by atoms with Gasteiger partial charge in [0.15, 0.2) is 0 Å². The van der Waals surface area contributed by atoms with Crippen molar-refractivity contribution in [2.45, 2.75) is 97.4 Å². The predicted molar refractivity (Wildman–Crippen MR) is 111 cm³/mol. The number of carbonyl (C=O) groups is 2. The summed E-state index contributed by atoms with van der Waals surface area (Å²) in [6, 6.07) is 0. The van der Waals surface area contributed by atoms with Crippen molar-refractivity contribution in [3.05, 3.63) is 12.7 Å². The van der Waals surface area contributed by atoms with E-state index in [1.165, 1.54) is 13.8 Å². The van der Waals surface area contributed by atoms with Gasteiger partial charge in [0.2, 0.25) is 0 Å². The molecule has 0 aromatic heterocycles. The van der Waals surface area contributed by atoms with Crippen molar-refractivity contribution in [2.24, 2.45) is 22.7 Å². The van der Waals surface area contributed by atoms with E-state index in [0.717, 1.165) is 32.1 Å². The largest absolute Gasteiger partial charge is 0.465 e. The number of esters is 2. The average Bonchev–Trinajstić information content (AvgIpc) is 2.58. The second-order valence-electron chi connectivity index (χ2n) is 10.6. The fourth-order valence-electron chi connectivity index (χ4n) is 7.26. The molecule has 5 heteroatoms. The molecule has 3 aliphatic rings. The highest BCUT2D eigenvalue weighted by Crippen LogP contribution is 2.66. The number of ether oxygens (including phenoxy) is 3. The number of rotatable bonds is 4. The monoisotopic (exact) mass is 406 g/mol. The Hall–Kier alpha value is -1.36. The fourth-order valence-corrected chi connectivity index (χ4v) is 7.26. The lowest BCUT2D eigenvalue weighted by Gasteiger charge is -2.66. The Kier molecular flexibility index (Phi) is 5.70. The molecular weight excluding hydrogens is 368 g/mol. The van der Waals surface area contributed by atoms with E-state index in [2.05, 4.69) is 34.3 Å². The smallest absolute Gasteiger partial charge is 0.302 e. The third kappa shape index (κ3) is 3.87. The lowest BCUT2D eigenvalue weighted by Crippen LogP contribution is -2.68. The zero-order valence-corrected chi connectivity index (χ0v) is 19.0. The minimum atomic E-state index is -0.383. The predicted octanol–water partition coefficient (Wildman–Crippen LogP) is 4.83. The zero-order chi connectivity index (χ0) is 21.7. The van der Waals surface area contributed by atoms with Gasteiger partial charge in [-0.2, -0.15) is 0 Å². The molecule has 5 nitrogen and oxygen atoms in total. The van der Waals surface area contributed by atoms with Crippen molar-refractivity contribution in [3.8, 4) is 0 Å². The Balaban J connectivity index is 2.03. The van der Waals surface area contributed by atoms with Crippen molar-refractivity contribution >= 4 is 11.9 Å². The van der Waals surface area contributed by atoms with Crippen LogP contribution in [0.15, 0.2) is 12.7 Å². The first kappa shape index (κ1) is 22.3. The summed E-state index contributed by atoms with van der Waals surface area (Å²) in [5.74, 6) is -0.0356. The van der Waals surface area contributed by atoms with Gasteiger partial charge in [0.25, 0.3) is 0 Å². The highest BCUT2D eigenvalue weighted by atomic mass is 16.6. The standard InChI is InChI=1S/C24H38O5/c1-8-22(5)13-10-19-23(6)12-9-11-21(4,15-27-16(2)25)20(23)18(28-17(3)26)14-24(19,7)29-22/h8,18-20H,1,9-15H2,2-7H3/t18-,19?,20+,21?,22+,23+,24+/m1/s1. The third-order valence-electron chi connectivity index (χ3n) is 8.19. The van der Waals surface area contributed by atoms with Gasteiger partial charge in [-0.3, -0.25) is 9.59 Å². The topological polar surface area (TPSA) is 61.8 Å². The molecule has 0 N–H and O–H groups in total. The summed E-state index contributed by atoms with van der Waals surface area (Å²) in [4.78, 5) is 23.6. The Morgan fingerprint density at radius 1 is 1.10 bits per heavy atom. The molecule has 0 aromatic carbocycles. The van der Waals surface area contributed by atoms with Crippen molar-refractivity contribution in [1.82, 2.24) is 0 Å². The van der Waals surface area contributed by atoms with Gasteiger partial charge < -0.3 is 14.2 Å². The van der Waals surface area contributed by atoms with Crippen LogP contribution in [0.1, 0.15) is 80.1 Å². The van der Waals surface area contributed by atoms with Crippen LogP contribution in [0.25, 0.3) is 0 Å². The fraction of sp³-hybridized carbons (Fsp3) is 0.833. The van der Waals surface area contributed by atoms with E-state index < -0.39 is 0 Å². The normalized spacial score (nSPS) is 46.8. The lowest BCUT2D eigenvalue weighted by molar-refractivity contribution is -0.284. The van der Waals surface area contributed by atoms with Crippen LogP contribution in [0.2, 0.25) is 0 Å². The lowest BCUT2D eigenvalue weighted by atomic mass is 9.43. The van der Waals surface area contributed by atoms with E-state index >= 15 is 0 Å². The first-order valence-corrected chi connectivity index (χ1v) is 11.0. The van der Waals surface area contributed by atoms with E-state index in [0.29, 0.717) is 18.9 Å². The molecular formula is C24H38O5. The van der Waals surface area contributed by atoms with E-state index in [4.69, 9.17) is 14.2 Å². The van der Waals surface area contributed by atoms with Gasteiger partial charge in [0.1, 0.15) is 6.10 Å². The van der Waals surface area contributed by atoms with E-state index in [9.17, 15) is 9.59 Å². The quantitative estimate of drug-likeness (QED) is 0.494. The van der Waals surface area contributed by atoms with Crippen LogP contribution in [0.5, 0.6) is 0 Å². The van der Waals surface area contributed by atoms with Crippen LogP contribution in [-0.4, -0.2) is 35.9 Å². The third-order valence-corrected chi connectivity index (χ3v) is 8.19. The summed E-state index contributed by atoms with van der Waals surface area (Å²) >= 11 is 0. The van der Waals surface area contributed by atoms with Crippen LogP contribution in [-0.2, 0) is 23.8 Å². The van der Waals surface area contributed by atoms with Crippen molar-refractivity contribution < 1.29 is 23.8 Å². The zero-order valence-electron chi connectivity index (χ0n) is 19.0. The van der Waals surface area contributed by atoms with Crippen molar-refractivity contribution in [2.75, 3.05) is 6.61 Å². The van der Waals surface area contributed by atoms with E-state index in [1.807, 2.05) is 6.08 Å². The second-order valence-corrected chi connectivity index (χ2v) is 10.6. The van der Waals surface area contributed by atoms with Gasteiger partial charge in [-0.1, -0.05) is 26.3 Å². The minimum absolute atomic E-state index is 0.0528. The summed E-state index contributed by atoms with van der Waals surface area (Å²) in [5.41, 5.74) is -1.01. The molecule has 29 heavy (non-hydrogen) atoms. The van der Waals surface area contributed by atoms with Crippen molar-refractivity contribution in [1.29, 1.82) is 0 Å². The maximum atomic E-state index is 12.1. The molecule has 2 aliphatic carbocycles. The van der Waals surface area contributed by atoms with Gasteiger partial charge in [-0.25, -0.2) is 0 Å².